The van der Waals surface area contributed by atoms with E-state index in [1.165, 1.54) is 5.32 Å². The topological polar surface area (TPSA) is 95.6 Å². The van der Waals surface area contributed by atoms with Crippen LogP contribution in [0.3, 0.4) is 0 Å². The molecule has 1 unspecified atom stereocenters. The number of fused-ring (bicyclic) bond motifs is 1. The quantitative estimate of drug-likeness (QED) is 0.652. The normalized spacial score (nSPS) is 30.0. The van der Waals surface area contributed by atoms with Crippen molar-refractivity contribution < 1.29 is 44.4 Å². The minimum absolute atomic E-state index is 0.223. The number of carbonyl (C=O) groups is 4. The summed E-state index contributed by atoms with van der Waals surface area (Å²) in [5.74, 6) is -12.2. The third-order valence-electron chi connectivity index (χ3n) is 4.39. The summed E-state index contributed by atoms with van der Waals surface area (Å²) in [6, 6.07) is -5.70. The smallest absolute Gasteiger partial charge is 0.346 e. The first-order valence-electron chi connectivity index (χ1n) is 14.6. The molecule has 1 saturated heterocycles. The van der Waals surface area contributed by atoms with Gasteiger partial charge in [-0.3, -0.25) is 24.5 Å². The number of alkyl halides is 2. The average molecular weight is 474 g/mol. The molecule has 0 spiro atoms. The van der Waals surface area contributed by atoms with Crippen molar-refractivity contribution in [2.45, 2.75) is 37.7 Å². The van der Waals surface area contributed by atoms with Gasteiger partial charge in [0.1, 0.15) is 6.02 Å². The van der Waals surface area contributed by atoms with Gasteiger partial charge in [-0.25, -0.2) is 0 Å². The Labute approximate surface area is 203 Å². The summed E-state index contributed by atoms with van der Waals surface area (Å²) in [5, 5.41) is 0.0483. The lowest BCUT2D eigenvalue weighted by atomic mass is 10.0. The van der Waals surface area contributed by atoms with Crippen LogP contribution in [0.2, 0.25) is 6.43 Å². The molecule has 7 nitrogen and oxygen atoms in total. The van der Waals surface area contributed by atoms with E-state index in [4.69, 9.17) is 28.1 Å². The summed E-state index contributed by atoms with van der Waals surface area (Å²) in [7, 11) is 0. The lowest BCUT2D eigenvalue weighted by Gasteiger charge is -2.29. The standard InChI is InChI=1S/C22H18ClF2N3O4/c23-15-4-2-14(3-5-15)22(24,25)21(32)26-10-12-1-6-16-13(9-12)11-28(20(16)31)17-7-8-18(29)27-19(17)30/h1-6,9,17H,7-8,10-11H2,(H,26,32)(H,27,29,30)/i2D,3D,4D,5D,7D2,8D2,10D2,17D/hD. The predicted molar refractivity (Wildman–Crippen MR) is 110 cm³/mol. The van der Waals surface area contributed by atoms with Crippen molar-refractivity contribution >= 4 is 35.2 Å². The first-order chi connectivity index (χ1) is 19.9. The molecule has 2 aromatic rings. The van der Waals surface area contributed by atoms with E-state index in [0.29, 0.717) is 0 Å². The molecular formula is C22H18ClF2N3O4. The second kappa shape index (κ2) is 8.31. The summed E-state index contributed by atoms with van der Waals surface area (Å²) < 4.78 is 126. The van der Waals surface area contributed by atoms with Crippen LogP contribution in [0.15, 0.2) is 42.4 Å². The number of hydrogen-bond donors (Lipinski definition) is 2. The monoisotopic (exact) mass is 473 g/mol. The van der Waals surface area contributed by atoms with Crippen LogP contribution in [-0.2, 0) is 33.3 Å². The lowest BCUT2D eigenvalue weighted by Crippen LogP contribution is -2.52. The molecule has 0 aromatic heterocycles. The molecule has 2 heterocycles. The van der Waals surface area contributed by atoms with Gasteiger partial charge in [-0.2, -0.15) is 8.78 Å². The Kier molecular flexibility index (Phi) is 2.99. The van der Waals surface area contributed by atoms with Crippen molar-refractivity contribution in [1.82, 2.24) is 15.5 Å². The summed E-state index contributed by atoms with van der Waals surface area (Å²) in [6.45, 7) is -4.03. The van der Waals surface area contributed by atoms with Crippen LogP contribution in [0.25, 0.3) is 0 Å². The molecule has 4 amide bonds. The highest BCUT2D eigenvalue weighted by Crippen LogP contribution is 2.30. The van der Waals surface area contributed by atoms with Gasteiger partial charge < -0.3 is 10.2 Å². The molecule has 2 aliphatic rings. The summed E-state index contributed by atoms with van der Waals surface area (Å²) in [5.41, 5.74) is -2.83. The second-order valence-electron chi connectivity index (χ2n) is 6.43. The SMILES string of the molecule is [2H]c1c([2H])c(C(F)(F)C(=O)NC([2H])([2H])c2ccc3c(c2)CN(C2([2H])C(=O)N([2H])C(=O)C([2H])([2H])C2([2H])[2H])C3=O)c([2H])c([2H])c1Cl. The van der Waals surface area contributed by atoms with Gasteiger partial charge in [0.05, 0.1) is 9.60 Å². The third kappa shape index (κ3) is 4.08. The van der Waals surface area contributed by atoms with E-state index in [0.717, 1.165) is 18.2 Å². The Bertz CT molecular complexity index is 1650. The maximum absolute atomic E-state index is 15.2. The summed E-state index contributed by atoms with van der Waals surface area (Å²) in [4.78, 5) is 50.9. The van der Waals surface area contributed by atoms with E-state index in [1.807, 2.05) is 0 Å². The molecule has 2 aliphatic heterocycles. The van der Waals surface area contributed by atoms with Crippen LogP contribution < -0.4 is 10.6 Å². The lowest BCUT2D eigenvalue weighted by molar-refractivity contribution is -0.147. The molecule has 1 atom stereocenters. The van der Waals surface area contributed by atoms with Gasteiger partial charge in [0.25, 0.3) is 11.8 Å². The number of benzene rings is 2. The van der Waals surface area contributed by atoms with Crippen LogP contribution in [0.5, 0.6) is 0 Å². The largest absolute Gasteiger partial charge is 0.349 e. The Hall–Kier alpha value is -3.33. The number of carbonyl (C=O) groups excluding carboxylic acids is 4. The number of imide groups is 1. The van der Waals surface area contributed by atoms with Gasteiger partial charge in [-0.05, 0) is 35.7 Å². The Morgan fingerprint density at radius 3 is 2.81 bits per heavy atom. The number of hydrogen-bond acceptors (Lipinski definition) is 4. The van der Waals surface area contributed by atoms with Gasteiger partial charge in [-0.1, -0.05) is 35.8 Å². The highest BCUT2D eigenvalue weighted by Gasteiger charge is 2.41. The number of amides is 4. The molecule has 0 bridgehead atoms. The first kappa shape index (κ1) is 11.5. The highest BCUT2D eigenvalue weighted by atomic mass is 35.5. The van der Waals surface area contributed by atoms with Crippen LogP contribution >= 0.6 is 11.6 Å². The summed E-state index contributed by atoms with van der Waals surface area (Å²) in [6.07, 6.45) is -7.30. The van der Waals surface area contributed by atoms with E-state index < -0.39 is 107 Å². The number of nitrogens with zero attached hydrogens (tertiary/aromatic N) is 1. The number of piperidine rings is 1. The van der Waals surface area contributed by atoms with Crippen LogP contribution in [-0.4, -0.2) is 34.5 Å². The minimum atomic E-state index is -4.82. The highest BCUT2D eigenvalue weighted by molar-refractivity contribution is 6.30. The molecule has 4 rings (SSSR count). The maximum Gasteiger partial charge on any atom is 0.349 e. The molecule has 1 fully saturated rings. The molecule has 0 saturated carbocycles. The van der Waals surface area contributed by atoms with Crippen LogP contribution in [0.4, 0.5) is 8.78 Å². The maximum atomic E-state index is 15.2. The van der Waals surface area contributed by atoms with Gasteiger partial charge in [-0.15, -0.1) is 0 Å². The van der Waals surface area contributed by atoms with Crippen molar-refractivity contribution in [2.75, 3.05) is 0 Å². The number of halogens is 3. The van der Waals surface area contributed by atoms with Crippen molar-refractivity contribution in [2.24, 2.45) is 0 Å². The molecular weight excluding hydrogens is 444 g/mol. The zero-order valence-electron chi connectivity index (χ0n) is 27.6. The first-order valence-corrected chi connectivity index (χ1v) is 9.06. The fraction of sp³-hybridized carbons (Fsp3) is 0.273. The molecule has 32 heavy (non-hydrogen) atoms. The molecule has 2 N–H and O–H groups in total. The number of nitrogens with one attached hydrogen (secondary N) is 2. The van der Waals surface area contributed by atoms with Gasteiger partial charge in [0, 0.05) is 41.0 Å². The molecule has 166 valence electrons. The Morgan fingerprint density at radius 1 is 1.38 bits per heavy atom. The predicted octanol–water partition coefficient (Wildman–Crippen LogP) is 2.51. The van der Waals surface area contributed by atoms with Crippen molar-refractivity contribution in [3.8, 4) is 0 Å². The van der Waals surface area contributed by atoms with E-state index in [2.05, 4.69) is 0 Å². The van der Waals surface area contributed by atoms with Gasteiger partial charge in [0.2, 0.25) is 11.8 Å². The van der Waals surface area contributed by atoms with Crippen LogP contribution in [0.1, 0.15) is 54.9 Å². The molecule has 0 radical (unpaired) electrons. The Balaban J connectivity index is 1.68. The fourth-order valence-corrected chi connectivity index (χ4v) is 2.97. The molecule has 0 aliphatic carbocycles. The Morgan fingerprint density at radius 2 is 2.09 bits per heavy atom. The summed E-state index contributed by atoms with van der Waals surface area (Å²) >= 11 is 5.61. The molecule has 2 aromatic carbocycles. The average Bonchev–Trinajstić information content (AvgIpc) is 3.28. The third-order valence-corrected chi connectivity index (χ3v) is 4.58. The van der Waals surface area contributed by atoms with Crippen molar-refractivity contribution in [1.29, 1.82) is 0 Å². The van der Waals surface area contributed by atoms with Gasteiger partial charge >= 0.3 is 5.92 Å². The molecule has 10 heteroatoms. The number of rotatable bonds is 5. The van der Waals surface area contributed by atoms with E-state index >= 15 is 8.78 Å². The van der Waals surface area contributed by atoms with Crippen molar-refractivity contribution in [3.05, 3.63) is 69.6 Å². The second-order valence-corrected chi connectivity index (χ2v) is 6.80. The fourth-order valence-electron chi connectivity index (χ4n) is 2.88. The van der Waals surface area contributed by atoms with E-state index in [1.54, 1.807) is 0 Å². The van der Waals surface area contributed by atoms with Crippen LogP contribution in [0, 0.1) is 0 Å². The zero-order valence-corrected chi connectivity index (χ0v) is 16.4. The van der Waals surface area contributed by atoms with E-state index in [9.17, 15) is 19.2 Å². The van der Waals surface area contributed by atoms with E-state index in [-0.39, 0.29) is 16.0 Å². The van der Waals surface area contributed by atoms with Crippen molar-refractivity contribution in [3.63, 3.8) is 0 Å². The zero-order chi connectivity index (χ0) is 33.7. The van der Waals surface area contributed by atoms with Gasteiger partial charge in [0.15, 0.2) is 1.41 Å². The minimum Gasteiger partial charge on any atom is -0.346 e.